The molecular formula is C32H30O12. The predicted molar refractivity (Wildman–Crippen MR) is 153 cm³/mol. The van der Waals surface area contributed by atoms with Gasteiger partial charge in [0, 0.05) is 41.3 Å². The van der Waals surface area contributed by atoms with E-state index >= 15 is 0 Å². The summed E-state index contributed by atoms with van der Waals surface area (Å²) in [6.45, 7) is 0. The Morgan fingerprint density at radius 2 is 1.32 bits per heavy atom. The van der Waals surface area contributed by atoms with Crippen LogP contribution in [0.5, 0.6) is 57.5 Å². The maximum absolute atomic E-state index is 11.9. The van der Waals surface area contributed by atoms with E-state index in [0.29, 0.717) is 5.56 Å². The zero-order valence-corrected chi connectivity index (χ0v) is 23.5. The molecule has 5 atom stereocenters. The van der Waals surface area contributed by atoms with Gasteiger partial charge >= 0.3 is 0 Å². The number of methoxy groups -OCH3 is 2. The van der Waals surface area contributed by atoms with Crippen molar-refractivity contribution in [3.8, 4) is 57.5 Å². The third kappa shape index (κ3) is 4.64. The first-order valence-corrected chi connectivity index (χ1v) is 13.6. The highest BCUT2D eigenvalue weighted by Gasteiger charge is 2.46. The van der Waals surface area contributed by atoms with Gasteiger partial charge in [-0.25, -0.2) is 0 Å². The number of aromatic hydroxyl groups is 6. The number of phenols is 6. The molecule has 4 aromatic rings. The number of fused-ring (bicyclic) bond motifs is 2. The Hall–Kier alpha value is -5.20. The smallest absolute Gasteiger partial charge is 0.160 e. The van der Waals surface area contributed by atoms with E-state index in [9.17, 15) is 40.9 Å². The van der Waals surface area contributed by atoms with Gasteiger partial charge in [-0.15, -0.1) is 0 Å². The summed E-state index contributed by atoms with van der Waals surface area (Å²) >= 11 is 0. The SMILES string of the molecule is COc1ccc([C@H]2Oc3c(c(O)cc(O)c3[C@H]3c4c(OC)cc(O)cc4O[C@H](c4ccc(O)c(O)c4)[C@@H]3O)C[C@@H]2O)cc1O. The normalized spacial score (nSPS) is 22.2. The molecule has 2 aliphatic rings. The zero-order valence-electron chi connectivity index (χ0n) is 23.5. The number of aliphatic hydroxyl groups excluding tert-OH is 2. The van der Waals surface area contributed by atoms with Gasteiger partial charge in [0.25, 0.3) is 0 Å². The number of benzene rings is 4. The molecule has 0 unspecified atom stereocenters. The Balaban J connectivity index is 1.56. The molecule has 6 rings (SSSR count). The van der Waals surface area contributed by atoms with Gasteiger partial charge in [0.15, 0.2) is 29.1 Å². The van der Waals surface area contributed by atoms with Gasteiger partial charge in [0.1, 0.15) is 46.7 Å². The van der Waals surface area contributed by atoms with E-state index in [1.807, 2.05) is 0 Å². The van der Waals surface area contributed by atoms with Crippen LogP contribution in [0.25, 0.3) is 0 Å². The monoisotopic (exact) mass is 606 g/mol. The van der Waals surface area contributed by atoms with Crippen LogP contribution in [-0.2, 0) is 6.42 Å². The maximum Gasteiger partial charge on any atom is 0.160 e. The lowest BCUT2D eigenvalue weighted by Gasteiger charge is -2.40. The Morgan fingerprint density at radius 3 is 2.00 bits per heavy atom. The van der Waals surface area contributed by atoms with Crippen LogP contribution >= 0.6 is 0 Å². The minimum absolute atomic E-state index is 0.0209. The van der Waals surface area contributed by atoms with Gasteiger partial charge in [-0.3, -0.25) is 0 Å². The topological polar surface area (TPSA) is 199 Å². The molecule has 12 nitrogen and oxygen atoms in total. The molecule has 0 radical (unpaired) electrons. The van der Waals surface area contributed by atoms with E-state index in [-0.39, 0.29) is 74.7 Å². The lowest BCUT2D eigenvalue weighted by molar-refractivity contribution is 0.00115. The molecule has 8 N–H and O–H groups in total. The summed E-state index contributed by atoms with van der Waals surface area (Å²) in [5, 5.41) is 86.1. The van der Waals surface area contributed by atoms with Crippen LogP contribution in [0.2, 0.25) is 0 Å². The summed E-state index contributed by atoms with van der Waals surface area (Å²) in [5.74, 6) is -2.83. The number of phenolic OH excluding ortho intramolecular Hbond substituents is 6. The molecule has 230 valence electrons. The Kier molecular flexibility index (Phi) is 7.10. The molecular weight excluding hydrogens is 576 g/mol. The molecule has 12 heteroatoms. The van der Waals surface area contributed by atoms with Gasteiger partial charge in [0.05, 0.1) is 26.2 Å². The van der Waals surface area contributed by atoms with Crippen LogP contribution in [0.4, 0.5) is 0 Å². The van der Waals surface area contributed by atoms with Crippen molar-refractivity contribution in [3.05, 3.63) is 82.4 Å². The molecule has 2 aliphatic heterocycles. The largest absolute Gasteiger partial charge is 0.508 e. The molecule has 0 saturated heterocycles. The molecule has 0 aliphatic carbocycles. The van der Waals surface area contributed by atoms with E-state index in [0.717, 1.165) is 6.07 Å². The highest BCUT2D eigenvalue weighted by molar-refractivity contribution is 5.66. The number of aliphatic hydroxyl groups is 2. The number of ether oxygens (including phenoxy) is 4. The average molecular weight is 607 g/mol. The van der Waals surface area contributed by atoms with E-state index in [2.05, 4.69) is 0 Å². The summed E-state index contributed by atoms with van der Waals surface area (Å²) in [6, 6.07) is 12.1. The molecule has 2 heterocycles. The number of hydrogen-bond acceptors (Lipinski definition) is 12. The van der Waals surface area contributed by atoms with Crippen molar-refractivity contribution in [1.29, 1.82) is 0 Å². The third-order valence-corrected chi connectivity index (χ3v) is 8.08. The van der Waals surface area contributed by atoms with Gasteiger partial charge < -0.3 is 59.8 Å². The first kappa shape index (κ1) is 28.9. The zero-order chi connectivity index (χ0) is 31.4. The van der Waals surface area contributed by atoms with Crippen molar-refractivity contribution in [1.82, 2.24) is 0 Å². The lowest BCUT2D eigenvalue weighted by atomic mass is 9.77. The highest BCUT2D eigenvalue weighted by atomic mass is 16.5. The Morgan fingerprint density at radius 1 is 0.636 bits per heavy atom. The first-order chi connectivity index (χ1) is 21.0. The van der Waals surface area contributed by atoms with Crippen molar-refractivity contribution < 1.29 is 59.8 Å². The summed E-state index contributed by atoms with van der Waals surface area (Å²) < 4.78 is 23.1. The highest BCUT2D eigenvalue weighted by Crippen LogP contribution is 2.57. The van der Waals surface area contributed by atoms with E-state index < -0.39 is 41.8 Å². The molecule has 0 bridgehead atoms. The fourth-order valence-corrected chi connectivity index (χ4v) is 6.03. The number of rotatable bonds is 5. The fourth-order valence-electron chi connectivity index (χ4n) is 6.03. The van der Waals surface area contributed by atoms with Crippen molar-refractivity contribution in [2.24, 2.45) is 0 Å². The molecule has 0 fully saturated rings. The summed E-state index contributed by atoms with van der Waals surface area (Å²) in [7, 11) is 2.75. The minimum atomic E-state index is -1.50. The van der Waals surface area contributed by atoms with Crippen LogP contribution in [0.15, 0.2) is 54.6 Å². The predicted octanol–water partition coefficient (Wildman–Crippen LogP) is 3.60. The van der Waals surface area contributed by atoms with Crippen molar-refractivity contribution in [2.75, 3.05) is 14.2 Å². The molecule has 0 spiro atoms. The Labute approximate surface area is 250 Å². The molecule has 0 saturated carbocycles. The van der Waals surface area contributed by atoms with Crippen LogP contribution in [0.3, 0.4) is 0 Å². The standard InChI is InChI=1S/C32H30O12/c1-41-23-6-4-13(8-20(23)37)30-22(39)11-16-18(35)12-21(38)26(32(16)44-30)28-27-24(42-2)9-15(33)10-25(27)43-31(29(28)40)14-3-5-17(34)19(36)7-14/h3-10,12,22,28-31,33-40H,11H2,1-2H3/t22-,28-,29+,30+,31+/m0/s1. The summed E-state index contributed by atoms with van der Waals surface area (Å²) in [5.41, 5.74) is 1.08. The Bertz CT molecular complexity index is 1750. The summed E-state index contributed by atoms with van der Waals surface area (Å²) in [6.07, 6.45) is -5.05. The average Bonchev–Trinajstić information content (AvgIpc) is 2.99. The van der Waals surface area contributed by atoms with Crippen molar-refractivity contribution >= 4 is 0 Å². The van der Waals surface area contributed by atoms with Gasteiger partial charge in [-0.1, -0.05) is 12.1 Å². The van der Waals surface area contributed by atoms with Crippen molar-refractivity contribution in [3.63, 3.8) is 0 Å². The lowest BCUT2D eigenvalue weighted by Crippen LogP contribution is -2.37. The fraction of sp³-hybridized carbons (Fsp3) is 0.250. The van der Waals surface area contributed by atoms with Crippen molar-refractivity contribution in [2.45, 2.75) is 36.8 Å². The number of hydrogen-bond donors (Lipinski definition) is 8. The van der Waals surface area contributed by atoms with E-state index in [1.54, 1.807) is 6.07 Å². The van der Waals surface area contributed by atoms with Gasteiger partial charge in [0.2, 0.25) is 0 Å². The van der Waals surface area contributed by atoms with Gasteiger partial charge in [-0.2, -0.15) is 0 Å². The second-order valence-electron chi connectivity index (χ2n) is 10.7. The molecule has 0 amide bonds. The second kappa shape index (κ2) is 10.8. The maximum atomic E-state index is 11.9. The molecule has 0 aromatic heterocycles. The molecule has 44 heavy (non-hydrogen) atoms. The first-order valence-electron chi connectivity index (χ1n) is 13.6. The second-order valence-corrected chi connectivity index (χ2v) is 10.7. The van der Waals surface area contributed by atoms with E-state index in [4.69, 9.17) is 18.9 Å². The van der Waals surface area contributed by atoms with Crippen LogP contribution in [0, 0.1) is 0 Å². The quantitative estimate of drug-likeness (QED) is 0.154. The summed E-state index contributed by atoms with van der Waals surface area (Å²) in [4.78, 5) is 0. The van der Waals surface area contributed by atoms with Crippen LogP contribution in [-0.4, -0.2) is 67.3 Å². The third-order valence-electron chi connectivity index (χ3n) is 8.08. The van der Waals surface area contributed by atoms with E-state index in [1.165, 1.54) is 56.7 Å². The van der Waals surface area contributed by atoms with Crippen LogP contribution in [0.1, 0.15) is 45.9 Å². The minimum Gasteiger partial charge on any atom is -0.508 e. The van der Waals surface area contributed by atoms with Gasteiger partial charge in [-0.05, 0) is 35.4 Å². The van der Waals surface area contributed by atoms with Crippen LogP contribution < -0.4 is 18.9 Å². The molecule has 4 aromatic carbocycles.